The summed E-state index contributed by atoms with van der Waals surface area (Å²) in [7, 11) is 0. The van der Waals surface area contributed by atoms with Crippen LogP contribution in [0.3, 0.4) is 0 Å². The summed E-state index contributed by atoms with van der Waals surface area (Å²) in [6.45, 7) is 2.45. The first kappa shape index (κ1) is 15.1. The molecule has 0 fully saturated rings. The summed E-state index contributed by atoms with van der Waals surface area (Å²) in [4.78, 5) is 20.9. The molecular weight excluding hydrogens is 318 g/mol. The molecule has 1 amide bonds. The average molecular weight is 334 g/mol. The number of nitrogens with zero attached hydrogens (tertiary/aromatic N) is 1. The smallest absolute Gasteiger partial charge is 0.228 e. The van der Waals surface area contributed by atoms with Crippen LogP contribution in [0.2, 0.25) is 4.34 Å². The number of thiophene rings is 1. The van der Waals surface area contributed by atoms with Crippen LogP contribution in [0.5, 0.6) is 0 Å². The van der Waals surface area contributed by atoms with Crippen molar-refractivity contribution in [3.63, 3.8) is 0 Å². The summed E-state index contributed by atoms with van der Waals surface area (Å²) < 4.78 is 0.705. The van der Waals surface area contributed by atoms with Crippen molar-refractivity contribution < 1.29 is 4.79 Å². The fourth-order valence-corrected chi connectivity index (χ4v) is 3.38. The van der Waals surface area contributed by atoms with Crippen molar-refractivity contribution >= 4 is 39.9 Å². The average Bonchev–Trinajstić information content (AvgIpc) is 3.11. The number of para-hydroxylation sites is 2. The van der Waals surface area contributed by atoms with Gasteiger partial charge in [0.1, 0.15) is 5.82 Å². The molecule has 1 atom stereocenters. The Balaban J connectivity index is 1.55. The van der Waals surface area contributed by atoms with Crippen molar-refractivity contribution in [1.29, 1.82) is 0 Å². The minimum absolute atomic E-state index is 0.00891. The second-order valence-electron chi connectivity index (χ2n) is 5.11. The lowest BCUT2D eigenvalue weighted by atomic mass is 10.1. The third-order valence-corrected chi connectivity index (χ3v) is 4.93. The van der Waals surface area contributed by atoms with Gasteiger partial charge in [0.15, 0.2) is 0 Å². The highest BCUT2D eigenvalue weighted by atomic mass is 35.5. The van der Waals surface area contributed by atoms with E-state index in [-0.39, 0.29) is 11.8 Å². The van der Waals surface area contributed by atoms with E-state index in [1.165, 1.54) is 11.3 Å². The molecule has 0 radical (unpaired) electrons. The molecule has 3 aromatic rings. The number of hydrogen-bond donors (Lipinski definition) is 2. The molecule has 2 aromatic heterocycles. The van der Waals surface area contributed by atoms with Crippen LogP contribution in [0.25, 0.3) is 11.0 Å². The summed E-state index contributed by atoms with van der Waals surface area (Å²) in [6, 6.07) is 11.6. The number of benzene rings is 1. The summed E-state index contributed by atoms with van der Waals surface area (Å²) >= 11 is 7.35. The van der Waals surface area contributed by atoms with Crippen molar-refractivity contribution in [3.05, 3.63) is 51.4 Å². The van der Waals surface area contributed by atoms with Gasteiger partial charge in [0.2, 0.25) is 5.91 Å². The zero-order valence-corrected chi connectivity index (χ0v) is 13.7. The lowest BCUT2D eigenvalue weighted by Crippen LogP contribution is -2.29. The normalized spacial score (nSPS) is 12.5. The molecule has 0 bridgehead atoms. The highest BCUT2D eigenvalue weighted by Gasteiger charge is 2.16. The Hall–Kier alpha value is -1.85. The predicted octanol–water partition coefficient (Wildman–Crippen LogP) is 3.74. The molecule has 2 N–H and O–H groups in total. The van der Waals surface area contributed by atoms with Gasteiger partial charge in [0.25, 0.3) is 0 Å². The monoisotopic (exact) mass is 333 g/mol. The fraction of sp³-hybridized carbons (Fsp3) is 0.250. The van der Waals surface area contributed by atoms with E-state index < -0.39 is 0 Å². The van der Waals surface area contributed by atoms with Crippen molar-refractivity contribution in [1.82, 2.24) is 15.3 Å². The quantitative estimate of drug-likeness (QED) is 0.747. The van der Waals surface area contributed by atoms with E-state index in [1.54, 1.807) is 0 Å². The Labute approximate surface area is 137 Å². The molecular formula is C16H16ClN3OS. The lowest BCUT2D eigenvalue weighted by Gasteiger charge is -2.09. The molecule has 114 valence electrons. The van der Waals surface area contributed by atoms with Crippen LogP contribution < -0.4 is 5.32 Å². The van der Waals surface area contributed by atoms with Crippen LogP contribution >= 0.6 is 22.9 Å². The summed E-state index contributed by atoms with van der Waals surface area (Å²) in [6.07, 6.45) is 0.679. The number of H-pyrrole nitrogens is 1. The molecule has 0 saturated carbocycles. The van der Waals surface area contributed by atoms with E-state index in [9.17, 15) is 4.79 Å². The molecule has 22 heavy (non-hydrogen) atoms. The molecule has 0 aliphatic rings. The maximum absolute atomic E-state index is 12.1. The van der Waals surface area contributed by atoms with E-state index in [4.69, 9.17) is 11.6 Å². The first-order valence-electron chi connectivity index (χ1n) is 7.10. The molecule has 4 nitrogen and oxygen atoms in total. The Kier molecular flexibility index (Phi) is 4.45. The number of halogens is 1. The van der Waals surface area contributed by atoms with Gasteiger partial charge in [-0.2, -0.15) is 0 Å². The largest absolute Gasteiger partial charge is 0.355 e. The van der Waals surface area contributed by atoms with Gasteiger partial charge in [-0.05, 0) is 31.2 Å². The van der Waals surface area contributed by atoms with E-state index in [2.05, 4.69) is 15.3 Å². The number of aromatic nitrogens is 2. The van der Waals surface area contributed by atoms with Crippen molar-refractivity contribution in [2.45, 2.75) is 19.3 Å². The molecule has 0 aliphatic heterocycles. The van der Waals surface area contributed by atoms with Gasteiger partial charge in [-0.15, -0.1) is 11.3 Å². The van der Waals surface area contributed by atoms with Crippen molar-refractivity contribution in [3.8, 4) is 0 Å². The number of hydrogen-bond acceptors (Lipinski definition) is 3. The molecule has 3 rings (SSSR count). The first-order valence-corrected chi connectivity index (χ1v) is 8.29. The molecule has 0 saturated heterocycles. The van der Waals surface area contributed by atoms with E-state index >= 15 is 0 Å². The van der Waals surface area contributed by atoms with Gasteiger partial charge < -0.3 is 10.3 Å². The van der Waals surface area contributed by atoms with Crippen molar-refractivity contribution in [2.24, 2.45) is 0 Å². The van der Waals surface area contributed by atoms with Gasteiger partial charge in [-0.25, -0.2) is 4.98 Å². The Morgan fingerprint density at radius 3 is 2.91 bits per heavy atom. The zero-order valence-electron chi connectivity index (χ0n) is 12.1. The second kappa shape index (κ2) is 6.50. The second-order valence-corrected chi connectivity index (χ2v) is 6.85. The minimum Gasteiger partial charge on any atom is -0.355 e. The van der Waals surface area contributed by atoms with Gasteiger partial charge >= 0.3 is 0 Å². The molecule has 2 heterocycles. The maximum Gasteiger partial charge on any atom is 0.228 e. The van der Waals surface area contributed by atoms with E-state index in [0.717, 1.165) is 21.7 Å². The number of aromatic amines is 1. The third-order valence-electron chi connectivity index (χ3n) is 3.51. The number of rotatable bonds is 5. The highest BCUT2D eigenvalue weighted by molar-refractivity contribution is 7.16. The van der Waals surface area contributed by atoms with Crippen LogP contribution in [0.15, 0.2) is 36.4 Å². The van der Waals surface area contributed by atoms with Crippen LogP contribution in [0.1, 0.15) is 23.5 Å². The summed E-state index contributed by atoms with van der Waals surface area (Å²) in [5, 5.41) is 2.95. The number of fused-ring (bicyclic) bond motifs is 1. The number of nitrogens with one attached hydrogen (secondary N) is 2. The molecule has 0 unspecified atom stereocenters. The van der Waals surface area contributed by atoms with Crippen LogP contribution in [-0.4, -0.2) is 22.4 Å². The predicted molar refractivity (Wildman–Crippen MR) is 90.6 cm³/mol. The third kappa shape index (κ3) is 3.31. The van der Waals surface area contributed by atoms with Crippen LogP contribution in [0, 0.1) is 0 Å². The number of carbonyl (C=O) groups excluding carboxylic acids is 1. The van der Waals surface area contributed by atoms with E-state index in [0.29, 0.717) is 17.3 Å². The van der Waals surface area contributed by atoms with Gasteiger partial charge in [0.05, 0.1) is 21.3 Å². The summed E-state index contributed by atoms with van der Waals surface area (Å²) in [5.41, 5.74) is 1.97. The zero-order chi connectivity index (χ0) is 15.5. The first-order chi connectivity index (χ1) is 10.6. The number of amides is 1. The maximum atomic E-state index is 12.1. The van der Waals surface area contributed by atoms with Crippen LogP contribution in [0.4, 0.5) is 0 Å². The van der Waals surface area contributed by atoms with Gasteiger partial charge in [-0.1, -0.05) is 23.7 Å². The van der Waals surface area contributed by atoms with Crippen molar-refractivity contribution in [2.75, 3.05) is 6.54 Å². The lowest BCUT2D eigenvalue weighted by molar-refractivity contribution is -0.122. The molecule has 0 aliphatic carbocycles. The Morgan fingerprint density at radius 1 is 1.36 bits per heavy atom. The number of imidazole rings is 1. The summed E-state index contributed by atoms with van der Waals surface area (Å²) in [5.74, 6) is 0.705. The Bertz CT molecular complexity index is 762. The van der Waals surface area contributed by atoms with Gasteiger partial charge in [-0.3, -0.25) is 4.79 Å². The van der Waals surface area contributed by atoms with Crippen LogP contribution in [-0.2, 0) is 11.2 Å². The highest BCUT2D eigenvalue weighted by Crippen LogP contribution is 2.28. The standard InChI is InChI=1S/C16H16ClN3OS/c1-10(13-6-7-14(17)22-13)16(21)18-9-8-15-19-11-4-2-3-5-12(11)20-15/h2-7,10H,8-9H2,1H3,(H,18,21)(H,19,20)/t10-/m1/s1. The number of carbonyl (C=O) groups is 1. The Morgan fingerprint density at radius 2 is 2.18 bits per heavy atom. The molecule has 6 heteroatoms. The SMILES string of the molecule is C[C@@H](C(=O)NCCc1nc2ccccc2[nH]1)c1ccc(Cl)s1. The fourth-order valence-electron chi connectivity index (χ4n) is 2.27. The molecule has 1 aromatic carbocycles. The minimum atomic E-state index is -0.187. The topological polar surface area (TPSA) is 57.8 Å². The van der Waals surface area contributed by atoms with Gasteiger partial charge in [0, 0.05) is 17.8 Å². The van der Waals surface area contributed by atoms with E-state index in [1.807, 2.05) is 43.3 Å². The molecule has 0 spiro atoms.